The van der Waals surface area contributed by atoms with Crippen molar-refractivity contribution in [2.75, 3.05) is 31.1 Å². The van der Waals surface area contributed by atoms with Crippen LogP contribution in [-0.4, -0.2) is 51.3 Å². The maximum Gasteiger partial charge on any atom is 0.416 e. The van der Waals surface area contributed by atoms with Gasteiger partial charge in [0.05, 0.1) is 11.1 Å². The highest BCUT2D eigenvalue weighted by Crippen LogP contribution is 2.35. The molecule has 1 aromatic carbocycles. The monoisotopic (exact) mass is 450 g/mol. The minimum absolute atomic E-state index is 0.0992. The van der Waals surface area contributed by atoms with E-state index in [-0.39, 0.29) is 11.6 Å². The molecule has 3 heterocycles. The molecule has 0 bridgehead atoms. The molecule has 1 fully saturated rings. The summed E-state index contributed by atoms with van der Waals surface area (Å²) in [7, 11) is 0. The number of rotatable bonds is 4. The predicted octanol–water partition coefficient (Wildman–Crippen LogP) is 4.42. The lowest BCUT2D eigenvalue weighted by atomic mass is 10.1. The molecule has 0 aliphatic carbocycles. The molecule has 1 aliphatic rings. The molecule has 31 heavy (non-hydrogen) atoms. The first-order valence-electron chi connectivity index (χ1n) is 10.1. The van der Waals surface area contributed by atoms with Gasteiger partial charge in [-0.1, -0.05) is 12.1 Å². The van der Waals surface area contributed by atoms with Crippen molar-refractivity contribution in [2.24, 2.45) is 0 Å². The van der Waals surface area contributed by atoms with E-state index >= 15 is 0 Å². The molecule has 1 saturated heterocycles. The molecule has 1 atom stereocenters. The van der Waals surface area contributed by atoms with Crippen LogP contribution in [-0.2, 0) is 11.7 Å². The second kappa shape index (κ2) is 8.23. The van der Waals surface area contributed by atoms with Gasteiger partial charge in [-0.3, -0.25) is 4.90 Å². The zero-order valence-electron chi connectivity index (χ0n) is 17.7. The first-order chi connectivity index (χ1) is 14.6. The zero-order valence-corrected chi connectivity index (χ0v) is 18.5. The van der Waals surface area contributed by atoms with Gasteiger partial charge in [-0.15, -0.1) is 16.4 Å². The maximum atomic E-state index is 13.1. The number of hydrogen-bond donors (Lipinski definition) is 0. The minimum Gasteiger partial charge on any atom is -0.369 e. The van der Waals surface area contributed by atoms with Crippen molar-refractivity contribution >= 4 is 17.0 Å². The second-order valence-corrected chi connectivity index (χ2v) is 9.59. The Bertz CT molecular complexity index is 1000. The summed E-state index contributed by atoms with van der Waals surface area (Å²) < 4.78 is 41.2. The topological polar surface area (TPSA) is 50.1 Å². The van der Waals surface area contributed by atoms with Crippen LogP contribution in [0, 0.1) is 0 Å². The molecule has 0 N–H and O–H groups in total. The first-order valence-corrected chi connectivity index (χ1v) is 11.0. The number of benzene rings is 1. The van der Waals surface area contributed by atoms with E-state index in [9.17, 15) is 13.2 Å². The molecule has 0 radical (unpaired) electrons. The number of anilines is 1. The van der Waals surface area contributed by atoms with Crippen LogP contribution in [0.4, 0.5) is 18.9 Å². The number of nitrogens with zero attached hydrogens (tertiary/aromatic N) is 6. The van der Waals surface area contributed by atoms with Gasteiger partial charge in [0.1, 0.15) is 6.04 Å². The van der Waals surface area contributed by atoms with Crippen molar-refractivity contribution in [3.05, 3.63) is 58.0 Å². The number of piperazine rings is 1. The van der Waals surface area contributed by atoms with Crippen LogP contribution in [0.15, 0.2) is 41.8 Å². The fourth-order valence-electron chi connectivity index (χ4n) is 3.88. The van der Waals surface area contributed by atoms with Crippen LogP contribution >= 0.6 is 11.3 Å². The Morgan fingerprint density at radius 2 is 1.74 bits per heavy atom. The Kier molecular flexibility index (Phi) is 5.78. The summed E-state index contributed by atoms with van der Waals surface area (Å²) in [6.45, 7) is 8.81. The summed E-state index contributed by atoms with van der Waals surface area (Å²) in [5.41, 5.74) is -0.288. The standard InChI is InChI=1S/C21H25F3N6S/c1-20(2,3)30-19(25-26-27-30)18(17-8-5-13-31-17)29-11-9-28(10-12-29)16-7-4-6-15(14-16)21(22,23)24/h4-8,13-14,18H,9-12H2,1-3H3/t18-/m1/s1. The molecular weight excluding hydrogens is 425 g/mol. The van der Waals surface area contributed by atoms with Gasteiger partial charge < -0.3 is 4.90 Å². The van der Waals surface area contributed by atoms with Crippen molar-refractivity contribution in [2.45, 2.75) is 38.5 Å². The summed E-state index contributed by atoms with van der Waals surface area (Å²) in [6.07, 6.45) is -4.34. The smallest absolute Gasteiger partial charge is 0.369 e. The second-order valence-electron chi connectivity index (χ2n) is 8.61. The van der Waals surface area contributed by atoms with Crippen LogP contribution in [0.25, 0.3) is 0 Å². The van der Waals surface area contributed by atoms with Crippen LogP contribution in [0.5, 0.6) is 0 Å². The highest BCUT2D eigenvalue weighted by atomic mass is 32.1. The SMILES string of the molecule is CC(C)(C)n1nnnc1[C@@H](c1cccs1)N1CCN(c2cccc(C(F)(F)F)c2)CC1. The molecule has 0 spiro atoms. The lowest BCUT2D eigenvalue weighted by Crippen LogP contribution is -2.48. The maximum absolute atomic E-state index is 13.1. The molecule has 166 valence electrons. The Hall–Kier alpha value is -2.46. The van der Waals surface area contributed by atoms with Crippen LogP contribution in [0.1, 0.15) is 43.1 Å². The lowest BCUT2D eigenvalue weighted by Gasteiger charge is -2.40. The van der Waals surface area contributed by atoms with Gasteiger partial charge in [-0.2, -0.15) is 13.2 Å². The molecule has 4 rings (SSSR count). The van der Waals surface area contributed by atoms with Crippen LogP contribution in [0.2, 0.25) is 0 Å². The van der Waals surface area contributed by atoms with Crippen LogP contribution < -0.4 is 4.90 Å². The van der Waals surface area contributed by atoms with Gasteiger partial charge in [0.25, 0.3) is 0 Å². The molecule has 0 unspecified atom stereocenters. The largest absolute Gasteiger partial charge is 0.416 e. The summed E-state index contributed by atoms with van der Waals surface area (Å²) in [5, 5.41) is 14.6. The fraction of sp³-hybridized carbons (Fsp3) is 0.476. The van der Waals surface area contributed by atoms with E-state index in [0.29, 0.717) is 31.9 Å². The highest BCUT2D eigenvalue weighted by molar-refractivity contribution is 7.10. The fourth-order valence-corrected chi connectivity index (χ4v) is 4.73. The number of hydrogen-bond acceptors (Lipinski definition) is 6. The van der Waals surface area contributed by atoms with E-state index < -0.39 is 11.7 Å². The third-order valence-electron chi connectivity index (χ3n) is 5.40. The van der Waals surface area contributed by atoms with Crippen molar-refractivity contribution in [1.29, 1.82) is 0 Å². The molecule has 1 aliphatic heterocycles. The Morgan fingerprint density at radius 1 is 1.00 bits per heavy atom. The quantitative estimate of drug-likeness (QED) is 0.589. The molecule has 2 aromatic heterocycles. The van der Waals surface area contributed by atoms with Gasteiger partial charge in [-0.25, -0.2) is 4.68 Å². The number of alkyl halides is 3. The number of halogens is 3. The summed E-state index contributed by atoms with van der Waals surface area (Å²) >= 11 is 1.65. The van der Waals surface area contributed by atoms with Gasteiger partial charge in [-0.05, 0) is 60.8 Å². The number of aromatic nitrogens is 4. The number of tetrazole rings is 1. The van der Waals surface area contributed by atoms with Gasteiger partial charge in [0.15, 0.2) is 5.82 Å². The van der Waals surface area contributed by atoms with E-state index in [1.165, 1.54) is 12.1 Å². The number of thiophene rings is 1. The van der Waals surface area contributed by atoms with E-state index in [0.717, 1.165) is 16.8 Å². The normalized spacial score (nSPS) is 17.2. The Balaban J connectivity index is 1.57. The van der Waals surface area contributed by atoms with Crippen molar-refractivity contribution < 1.29 is 13.2 Å². The summed E-state index contributed by atoms with van der Waals surface area (Å²) in [6, 6.07) is 9.54. The average Bonchev–Trinajstić information content (AvgIpc) is 3.41. The molecular formula is C21H25F3N6S. The summed E-state index contributed by atoms with van der Waals surface area (Å²) in [4.78, 5) is 5.46. The van der Waals surface area contributed by atoms with Crippen molar-refractivity contribution in [3.8, 4) is 0 Å². The van der Waals surface area contributed by atoms with E-state index in [1.54, 1.807) is 17.4 Å². The molecule has 0 saturated carbocycles. The summed E-state index contributed by atoms with van der Waals surface area (Å²) in [5.74, 6) is 0.780. The third kappa shape index (κ3) is 4.59. The Morgan fingerprint density at radius 3 is 2.35 bits per heavy atom. The first kappa shape index (κ1) is 21.8. The molecule has 10 heteroatoms. The van der Waals surface area contributed by atoms with E-state index in [2.05, 4.69) is 47.3 Å². The molecule has 6 nitrogen and oxygen atoms in total. The lowest BCUT2D eigenvalue weighted by molar-refractivity contribution is -0.137. The average molecular weight is 451 g/mol. The van der Waals surface area contributed by atoms with Crippen LogP contribution in [0.3, 0.4) is 0 Å². The van der Waals surface area contributed by atoms with Crippen molar-refractivity contribution in [3.63, 3.8) is 0 Å². The minimum atomic E-state index is -4.34. The van der Waals surface area contributed by atoms with E-state index in [1.807, 2.05) is 21.0 Å². The molecule has 3 aromatic rings. The van der Waals surface area contributed by atoms with Crippen molar-refractivity contribution in [1.82, 2.24) is 25.1 Å². The Labute approximate surface area is 183 Å². The van der Waals surface area contributed by atoms with Gasteiger partial charge >= 0.3 is 6.18 Å². The predicted molar refractivity (Wildman–Crippen MR) is 114 cm³/mol. The van der Waals surface area contributed by atoms with Gasteiger partial charge in [0, 0.05) is 36.7 Å². The third-order valence-corrected chi connectivity index (χ3v) is 6.33. The van der Waals surface area contributed by atoms with E-state index in [4.69, 9.17) is 0 Å². The van der Waals surface area contributed by atoms with Gasteiger partial charge in [0.2, 0.25) is 0 Å². The highest BCUT2D eigenvalue weighted by Gasteiger charge is 2.34. The zero-order chi connectivity index (χ0) is 22.2. The molecule has 0 amide bonds.